The van der Waals surface area contributed by atoms with Gasteiger partial charge in [0.25, 0.3) is 0 Å². The maximum Gasteiger partial charge on any atom is 0.404 e. The SMILES string of the molecule is CC(F)CNC(=O)O. The smallest absolute Gasteiger partial charge is 0.404 e. The van der Waals surface area contributed by atoms with Crippen molar-refractivity contribution in [2.24, 2.45) is 0 Å². The summed E-state index contributed by atoms with van der Waals surface area (Å²) in [7, 11) is 0. The summed E-state index contributed by atoms with van der Waals surface area (Å²) in [6.07, 6.45) is -2.29. The van der Waals surface area contributed by atoms with Crippen molar-refractivity contribution in [2.45, 2.75) is 13.1 Å². The van der Waals surface area contributed by atoms with Gasteiger partial charge in [0.05, 0.1) is 6.54 Å². The number of halogens is 1. The molecule has 1 atom stereocenters. The molecule has 0 heterocycles. The maximum atomic E-state index is 11.7. The van der Waals surface area contributed by atoms with Gasteiger partial charge in [0.15, 0.2) is 0 Å². The molecule has 1 amide bonds. The molecule has 48 valence electrons. The fraction of sp³-hybridized carbons (Fsp3) is 0.750. The maximum absolute atomic E-state index is 11.7. The molecule has 0 aromatic carbocycles. The average molecular weight is 121 g/mol. The van der Waals surface area contributed by atoms with E-state index in [-0.39, 0.29) is 6.54 Å². The summed E-state index contributed by atoms with van der Waals surface area (Å²) in [6.45, 7) is 1.16. The van der Waals surface area contributed by atoms with Crippen LogP contribution in [0.1, 0.15) is 6.92 Å². The van der Waals surface area contributed by atoms with Gasteiger partial charge in [0.2, 0.25) is 0 Å². The number of hydrogen-bond acceptors (Lipinski definition) is 1. The van der Waals surface area contributed by atoms with E-state index in [2.05, 4.69) is 0 Å². The van der Waals surface area contributed by atoms with E-state index in [9.17, 15) is 9.18 Å². The first-order valence-electron chi connectivity index (χ1n) is 2.24. The fourth-order valence-corrected chi connectivity index (χ4v) is 0.228. The second-order valence-electron chi connectivity index (χ2n) is 1.47. The van der Waals surface area contributed by atoms with Crippen LogP contribution in [0.25, 0.3) is 0 Å². The van der Waals surface area contributed by atoms with Crippen LogP contribution in [0.2, 0.25) is 0 Å². The van der Waals surface area contributed by atoms with E-state index in [1.165, 1.54) is 6.92 Å². The van der Waals surface area contributed by atoms with Crippen LogP contribution in [-0.4, -0.2) is 23.9 Å². The minimum absolute atomic E-state index is 0.130. The molecule has 0 aromatic heterocycles. The molecule has 0 rings (SSSR count). The summed E-state index contributed by atoms with van der Waals surface area (Å²) in [5.41, 5.74) is 0. The molecule has 0 spiro atoms. The second-order valence-corrected chi connectivity index (χ2v) is 1.47. The molecule has 0 saturated heterocycles. The van der Waals surface area contributed by atoms with Gasteiger partial charge in [-0.2, -0.15) is 0 Å². The Labute approximate surface area is 46.5 Å². The number of rotatable bonds is 2. The molecule has 1 unspecified atom stereocenters. The summed E-state index contributed by atoms with van der Waals surface area (Å²) < 4.78 is 11.7. The summed E-state index contributed by atoms with van der Waals surface area (Å²) in [5.74, 6) is 0. The Hall–Kier alpha value is -0.800. The van der Waals surface area contributed by atoms with Gasteiger partial charge in [-0.05, 0) is 6.92 Å². The lowest BCUT2D eigenvalue weighted by Crippen LogP contribution is -2.26. The molecule has 0 radical (unpaired) electrons. The van der Waals surface area contributed by atoms with E-state index in [1.807, 2.05) is 5.32 Å². The molecule has 0 fully saturated rings. The lowest BCUT2D eigenvalue weighted by atomic mass is 10.4. The van der Waals surface area contributed by atoms with Crippen LogP contribution in [0.3, 0.4) is 0 Å². The molecule has 4 heteroatoms. The Kier molecular flexibility index (Phi) is 2.91. The Bertz CT molecular complexity index is 84.1. The molecule has 2 N–H and O–H groups in total. The molecule has 8 heavy (non-hydrogen) atoms. The van der Waals surface area contributed by atoms with Crippen molar-refractivity contribution < 1.29 is 14.3 Å². The van der Waals surface area contributed by atoms with Gasteiger partial charge in [-0.15, -0.1) is 0 Å². The Balaban J connectivity index is 3.05. The van der Waals surface area contributed by atoms with Crippen molar-refractivity contribution in [3.63, 3.8) is 0 Å². The molecular weight excluding hydrogens is 113 g/mol. The predicted octanol–water partition coefficient (Wildman–Crippen LogP) is 0.612. The topological polar surface area (TPSA) is 49.3 Å². The summed E-state index contributed by atoms with van der Waals surface area (Å²) in [5, 5.41) is 9.77. The number of amides is 1. The Morgan fingerprint density at radius 1 is 2.00 bits per heavy atom. The van der Waals surface area contributed by atoms with Crippen LogP contribution >= 0.6 is 0 Å². The Morgan fingerprint density at radius 3 is 2.62 bits per heavy atom. The third-order valence-electron chi connectivity index (χ3n) is 0.535. The highest BCUT2D eigenvalue weighted by Crippen LogP contribution is 1.82. The van der Waals surface area contributed by atoms with Crippen molar-refractivity contribution in [1.82, 2.24) is 5.32 Å². The molecular formula is C4H8FNO2. The zero-order valence-corrected chi connectivity index (χ0v) is 4.52. The zero-order valence-electron chi connectivity index (χ0n) is 4.52. The number of hydrogen-bond donors (Lipinski definition) is 2. The van der Waals surface area contributed by atoms with Crippen LogP contribution in [0.5, 0.6) is 0 Å². The highest BCUT2D eigenvalue weighted by molar-refractivity contribution is 5.64. The van der Waals surface area contributed by atoms with Gasteiger partial charge >= 0.3 is 6.09 Å². The predicted molar refractivity (Wildman–Crippen MR) is 26.6 cm³/mol. The van der Waals surface area contributed by atoms with Crippen molar-refractivity contribution in [3.05, 3.63) is 0 Å². The molecule has 0 aromatic rings. The van der Waals surface area contributed by atoms with Crippen LogP contribution in [0.15, 0.2) is 0 Å². The minimum atomic E-state index is -1.19. The van der Waals surface area contributed by atoms with E-state index >= 15 is 0 Å². The lowest BCUT2D eigenvalue weighted by Gasteiger charge is -1.98. The largest absolute Gasteiger partial charge is 0.465 e. The number of carboxylic acid groups (broad SMARTS) is 1. The van der Waals surface area contributed by atoms with Crippen LogP contribution in [-0.2, 0) is 0 Å². The third-order valence-corrected chi connectivity index (χ3v) is 0.535. The third kappa shape index (κ3) is 5.20. The van der Waals surface area contributed by atoms with Crippen molar-refractivity contribution >= 4 is 6.09 Å². The van der Waals surface area contributed by atoms with Crippen molar-refractivity contribution in [1.29, 1.82) is 0 Å². The quantitative estimate of drug-likeness (QED) is 0.562. The van der Waals surface area contributed by atoms with E-state index < -0.39 is 12.3 Å². The standard InChI is InChI=1S/C4H8FNO2/c1-3(5)2-6-4(7)8/h3,6H,2H2,1H3,(H,7,8). The first-order valence-corrected chi connectivity index (χ1v) is 2.24. The van der Waals surface area contributed by atoms with E-state index in [0.717, 1.165) is 0 Å². The molecule has 0 aliphatic carbocycles. The first kappa shape index (κ1) is 7.20. The average Bonchev–Trinajstić information content (AvgIpc) is 1.61. The van der Waals surface area contributed by atoms with Crippen LogP contribution in [0.4, 0.5) is 9.18 Å². The fourth-order valence-electron chi connectivity index (χ4n) is 0.228. The summed E-state index contributed by atoms with van der Waals surface area (Å²) >= 11 is 0. The van der Waals surface area contributed by atoms with E-state index in [1.54, 1.807) is 0 Å². The minimum Gasteiger partial charge on any atom is -0.465 e. The van der Waals surface area contributed by atoms with Crippen molar-refractivity contribution in [3.8, 4) is 0 Å². The van der Waals surface area contributed by atoms with E-state index in [4.69, 9.17) is 5.11 Å². The van der Waals surface area contributed by atoms with Gasteiger partial charge in [0.1, 0.15) is 6.17 Å². The van der Waals surface area contributed by atoms with Gasteiger partial charge < -0.3 is 10.4 Å². The molecule has 0 aliphatic heterocycles. The summed E-state index contributed by atoms with van der Waals surface area (Å²) in [6, 6.07) is 0. The molecule has 3 nitrogen and oxygen atoms in total. The van der Waals surface area contributed by atoms with Gasteiger partial charge in [0, 0.05) is 0 Å². The van der Waals surface area contributed by atoms with Crippen LogP contribution < -0.4 is 5.32 Å². The summed E-state index contributed by atoms with van der Waals surface area (Å²) in [4.78, 5) is 9.63. The number of carbonyl (C=O) groups is 1. The normalized spacial score (nSPS) is 12.8. The molecule has 0 saturated carbocycles. The number of nitrogens with one attached hydrogen (secondary N) is 1. The van der Waals surface area contributed by atoms with Crippen molar-refractivity contribution in [2.75, 3.05) is 6.54 Å². The monoisotopic (exact) mass is 121 g/mol. The van der Waals surface area contributed by atoms with Gasteiger partial charge in [-0.3, -0.25) is 0 Å². The Morgan fingerprint density at radius 2 is 2.50 bits per heavy atom. The van der Waals surface area contributed by atoms with Gasteiger partial charge in [-0.1, -0.05) is 0 Å². The zero-order chi connectivity index (χ0) is 6.57. The van der Waals surface area contributed by atoms with Crippen LogP contribution in [0, 0.1) is 0 Å². The highest BCUT2D eigenvalue weighted by Gasteiger charge is 1.98. The highest BCUT2D eigenvalue weighted by atomic mass is 19.1. The molecule has 0 aliphatic rings. The van der Waals surface area contributed by atoms with E-state index in [0.29, 0.717) is 0 Å². The second kappa shape index (κ2) is 3.23. The lowest BCUT2D eigenvalue weighted by molar-refractivity contribution is 0.190. The van der Waals surface area contributed by atoms with Gasteiger partial charge in [-0.25, -0.2) is 9.18 Å². The number of alkyl halides is 1. The molecule has 0 bridgehead atoms. The first-order chi connectivity index (χ1) is 3.63.